The molecule has 1 atom stereocenters. The van der Waals surface area contributed by atoms with Crippen LogP contribution in [0.4, 0.5) is 11.6 Å². The highest BCUT2D eigenvalue weighted by Gasteiger charge is 2.21. The van der Waals surface area contributed by atoms with E-state index in [0.717, 1.165) is 5.56 Å². The zero-order chi connectivity index (χ0) is 26.9. The molecular formula is C26H27N5O6. The first kappa shape index (κ1) is 26.7. The molecule has 0 aliphatic heterocycles. The van der Waals surface area contributed by atoms with Gasteiger partial charge >= 0.3 is 11.9 Å². The van der Waals surface area contributed by atoms with E-state index in [4.69, 9.17) is 11.5 Å². The number of carboxylic acids is 2. The Morgan fingerprint density at radius 3 is 2.51 bits per heavy atom. The summed E-state index contributed by atoms with van der Waals surface area (Å²) < 4.78 is 0. The molecular weight excluding hydrogens is 478 g/mol. The number of hydrogen-bond acceptors (Lipinski definition) is 7. The lowest BCUT2D eigenvalue weighted by Crippen LogP contribution is -2.41. The molecule has 3 aromatic rings. The number of fused-ring (bicyclic) bond motifs is 1. The Balaban J connectivity index is 1.76. The van der Waals surface area contributed by atoms with Gasteiger partial charge in [0.1, 0.15) is 6.04 Å². The van der Waals surface area contributed by atoms with Crippen LogP contribution >= 0.6 is 0 Å². The summed E-state index contributed by atoms with van der Waals surface area (Å²) in [7, 11) is 0. The molecule has 0 fully saturated rings. The van der Waals surface area contributed by atoms with Gasteiger partial charge in [0, 0.05) is 30.8 Å². The summed E-state index contributed by atoms with van der Waals surface area (Å²) in [4.78, 5) is 56.1. The number of H-pyrrole nitrogens is 1. The molecule has 0 aliphatic rings. The van der Waals surface area contributed by atoms with E-state index < -0.39 is 23.9 Å². The first-order valence-corrected chi connectivity index (χ1v) is 11.5. The van der Waals surface area contributed by atoms with Crippen LogP contribution in [0.2, 0.25) is 0 Å². The third kappa shape index (κ3) is 7.08. The second-order valence-corrected chi connectivity index (χ2v) is 8.20. The number of amides is 1. The van der Waals surface area contributed by atoms with Gasteiger partial charge in [0.2, 0.25) is 5.95 Å². The number of aliphatic carboxylic acids is 2. The average Bonchev–Trinajstić information content (AvgIpc) is 2.86. The van der Waals surface area contributed by atoms with Crippen LogP contribution in [0.1, 0.15) is 35.7 Å². The molecule has 1 heterocycles. The second-order valence-electron chi connectivity index (χ2n) is 8.20. The highest BCUT2D eigenvalue weighted by Crippen LogP contribution is 2.20. The summed E-state index contributed by atoms with van der Waals surface area (Å²) in [5.41, 5.74) is 2.06. The number of anilines is 2. The van der Waals surface area contributed by atoms with Gasteiger partial charge in [-0.3, -0.25) is 19.4 Å². The maximum Gasteiger partial charge on any atom is 0.326 e. The lowest BCUT2D eigenvalue weighted by molar-refractivity contribution is -0.140. The van der Waals surface area contributed by atoms with Crippen LogP contribution in [-0.2, 0) is 16.1 Å². The number of carboxylic acid groups (broad SMARTS) is 2. The molecule has 37 heavy (non-hydrogen) atoms. The number of terminal acetylenes is 1. The molecule has 0 bridgehead atoms. The molecule has 11 heteroatoms. The molecule has 0 spiro atoms. The van der Waals surface area contributed by atoms with Gasteiger partial charge in [-0.05, 0) is 55.3 Å². The van der Waals surface area contributed by atoms with Crippen molar-refractivity contribution in [1.29, 1.82) is 0 Å². The van der Waals surface area contributed by atoms with Gasteiger partial charge in [-0.2, -0.15) is 0 Å². The number of hydrogen-bond donors (Lipinski definition) is 5. The zero-order valence-electron chi connectivity index (χ0n) is 20.2. The first-order chi connectivity index (χ1) is 17.7. The Kier molecular flexibility index (Phi) is 8.83. The molecule has 0 saturated carbocycles. The zero-order valence-corrected chi connectivity index (χ0v) is 20.2. The number of carbonyl (C=O) groups excluding carboxylic acids is 1. The van der Waals surface area contributed by atoms with Gasteiger partial charge in [0.15, 0.2) is 0 Å². The fraction of sp³-hybridized carbons (Fsp3) is 0.269. The quantitative estimate of drug-likeness (QED) is 0.232. The third-order valence-corrected chi connectivity index (χ3v) is 5.51. The molecule has 1 amide bonds. The monoisotopic (exact) mass is 505 g/mol. The summed E-state index contributed by atoms with van der Waals surface area (Å²) in [5, 5.41) is 23.8. The van der Waals surface area contributed by atoms with E-state index in [1.807, 2.05) is 17.9 Å². The molecule has 0 aliphatic carbocycles. The van der Waals surface area contributed by atoms with Gasteiger partial charge in [-0.15, -0.1) is 6.42 Å². The predicted molar refractivity (Wildman–Crippen MR) is 139 cm³/mol. The van der Waals surface area contributed by atoms with Crippen molar-refractivity contribution in [3.05, 3.63) is 63.9 Å². The lowest BCUT2D eigenvalue weighted by atomic mass is 10.1. The number of aromatic nitrogens is 2. The van der Waals surface area contributed by atoms with Gasteiger partial charge < -0.3 is 25.7 Å². The van der Waals surface area contributed by atoms with Crippen LogP contribution in [-0.4, -0.2) is 57.2 Å². The number of nitrogens with zero attached hydrogens (tertiary/aromatic N) is 2. The minimum Gasteiger partial charge on any atom is -0.481 e. The molecule has 5 N–H and O–H groups in total. The predicted octanol–water partition coefficient (Wildman–Crippen LogP) is 2.04. The van der Waals surface area contributed by atoms with Crippen molar-refractivity contribution < 1.29 is 24.6 Å². The summed E-state index contributed by atoms with van der Waals surface area (Å²) in [6.07, 6.45) is 4.95. The molecule has 3 rings (SSSR count). The van der Waals surface area contributed by atoms with Crippen LogP contribution in [0.15, 0.2) is 47.3 Å². The lowest BCUT2D eigenvalue weighted by Gasteiger charge is -2.23. The Morgan fingerprint density at radius 1 is 1.16 bits per heavy atom. The molecule has 11 nitrogen and oxygen atoms in total. The summed E-state index contributed by atoms with van der Waals surface area (Å²) in [5.74, 6) is -0.0882. The fourth-order valence-corrected chi connectivity index (χ4v) is 3.69. The standard InChI is InChI=1S/C26H27N5O6/c1-3-13-31(15-16-5-10-20-19(14-16)24(35)30-26(29-20)27-4-2)18-8-6-17(7-9-18)23(34)28-21(25(36)37)11-12-22(32)33/h1,5-10,14,21H,4,11-13,15H2,2H3,(H,28,34)(H,32,33)(H,36,37)(H2,27,29,30,35). The van der Waals surface area contributed by atoms with E-state index >= 15 is 0 Å². The van der Waals surface area contributed by atoms with Crippen molar-refractivity contribution in [3.8, 4) is 12.3 Å². The highest BCUT2D eigenvalue weighted by molar-refractivity contribution is 5.97. The van der Waals surface area contributed by atoms with Crippen molar-refractivity contribution in [3.63, 3.8) is 0 Å². The number of nitrogens with one attached hydrogen (secondary N) is 3. The Bertz CT molecular complexity index is 1390. The van der Waals surface area contributed by atoms with E-state index in [1.54, 1.807) is 24.3 Å². The van der Waals surface area contributed by atoms with E-state index in [1.165, 1.54) is 12.1 Å². The number of carbonyl (C=O) groups is 3. The largest absolute Gasteiger partial charge is 0.481 e. The summed E-state index contributed by atoms with van der Waals surface area (Å²) in [6, 6.07) is 10.5. The van der Waals surface area contributed by atoms with Crippen LogP contribution in [0.25, 0.3) is 10.9 Å². The fourth-order valence-electron chi connectivity index (χ4n) is 3.69. The topological polar surface area (TPSA) is 165 Å². The van der Waals surface area contributed by atoms with E-state index in [0.29, 0.717) is 35.6 Å². The van der Waals surface area contributed by atoms with Crippen molar-refractivity contribution in [2.75, 3.05) is 23.3 Å². The molecule has 1 unspecified atom stereocenters. The maximum absolute atomic E-state index is 12.5. The van der Waals surface area contributed by atoms with Crippen LogP contribution in [0, 0.1) is 12.3 Å². The van der Waals surface area contributed by atoms with Gasteiger partial charge in [0.05, 0.1) is 17.4 Å². The normalized spacial score (nSPS) is 11.4. The van der Waals surface area contributed by atoms with Gasteiger partial charge in [0.25, 0.3) is 11.5 Å². The van der Waals surface area contributed by atoms with E-state index in [9.17, 15) is 24.3 Å². The summed E-state index contributed by atoms with van der Waals surface area (Å²) in [6.45, 7) is 3.17. The van der Waals surface area contributed by atoms with Crippen LogP contribution < -0.4 is 21.1 Å². The van der Waals surface area contributed by atoms with Crippen molar-refractivity contribution in [2.24, 2.45) is 0 Å². The highest BCUT2D eigenvalue weighted by atomic mass is 16.4. The average molecular weight is 506 g/mol. The molecule has 0 radical (unpaired) electrons. The van der Waals surface area contributed by atoms with Crippen LogP contribution in [0.3, 0.4) is 0 Å². The minimum atomic E-state index is -1.32. The molecule has 2 aromatic carbocycles. The first-order valence-electron chi connectivity index (χ1n) is 11.5. The van der Waals surface area contributed by atoms with Crippen molar-refractivity contribution >= 4 is 40.4 Å². The smallest absolute Gasteiger partial charge is 0.326 e. The number of benzene rings is 2. The van der Waals surface area contributed by atoms with E-state index in [2.05, 4.69) is 26.5 Å². The third-order valence-electron chi connectivity index (χ3n) is 5.51. The van der Waals surface area contributed by atoms with E-state index in [-0.39, 0.29) is 30.5 Å². The second kappa shape index (κ2) is 12.2. The van der Waals surface area contributed by atoms with Gasteiger partial charge in [-0.25, -0.2) is 9.78 Å². The SMILES string of the molecule is C#CCN(Cc1ccc2nc(NCC)[nH]c(=O)c2c1)c1ccc(C(=O)NC(CCC(=O)O)C(=O)O)cc1. The maximum atomic E-state index is 12.5. The summed E-state index contributed by atoms with van der Waals surface area (Å²) >= 11 is 0. The Hall–Kier alpha value is -4.85. The minimum absolute atomic E-state index is 0.214. The van der Waals surface area contributed by atoms with Gasteiger partial charge in [-0.1, -0.05) is 12.0 Å². The van der Waals surface area contributed by atoms with Crippen LogP contribution in [0.5, 0.6) is 0 Å². The number of rotatable bonds is 12. The Labute approximate surface area is 212 Å². The van der Waals surface area contributed by atoms with Crippen molar-refractivity contribution in [1.82, 2.24) is 15.3 Å². The van der Waals surface area contributed by atoms with Crippen molar-refractivity contribution in [2.45, 2.75) is 32.4 Å². The molecule has 0 saturated heterocycles. The molecule has 192 valence electrons. The Morgan fingerprint density at radius 2 is 1.89 bits per heavy atom. The number of aromatic amines is 1. The molecule has 1 aromatic heterocycles.